The predicted octanol–water partition coefficient (Wildman–Crippen LogP) is 1.67. The zero-order chi connectivity index (χ0) is 13.7. The average Bonchev–Trinajstić information content (AvgIpc) is 3.02. The van der Waals surface area contributed by atoms with Gasteiger partial charge in [0, 0.05) is 23.8 Å². The van der Waals surface area contributed by atoms with Gasteiger partial charge in [-0.15, -0.1) is 0 Å². The van der Waals surface area contributed by atoms with E-state index in [-0.39, 0.29) is 0 Å². The third-order valence-corrected chi connectivity index (χ3v) is 3.90. The van der Waals surface area contributed by atoms with Crippen molar-refractivity contribution in [1.82, 2.24) is 19.7 Å². The van der Waals surface area contributed by atoms with E-state index < -0.39 is 0 Å². The predicted molar refractivity (Wildman–Crippen MR) is 78.6 cm³/mol. The van der Waals surface area contributed by atoms with Crippen LogP contribution in [0.5, 0.6) is 0 Å². The first-order valence-corrected chi connectivity index (χ1v) is 7.34. The fraction of sp³-hybridized carbons (Fsp3) is 0.538. The van der Waals surface area contributed by atoms with Gasteiger partial charge in [-0.3, -0.25) is 0 Å². The molecule has 0 aromatic carbocycles. The van der Waals surface area contributed by atoms with Crippen molar-refractivity contribution in [2.45, 2.75) is 25.8 Å². The highest BCUT2D eigenvalue weighted by Crippen LogP contribution is 2.17. The molecule has 0 aliphatic heterocycles. The Morgan fingerprint density at radius 1 is 1.32 bits per heavy atom. The second-order valence-electron chi connectivity index (χ2n) is 4.87. The molecule has 0 aliphatic carbocycles. The van der Waals surface area contributed by atoms with Crippen LogP contribution in [0, 0.1) is 0 Å². The molecule has 2 rings (SSSR count). The minimum Gasteiger partial charge on any atom is -0.326 e. The maximum atomic E-state index is 5.59. The Kier molecular flexibility index (Phi) is 5.07. The number of aromatic nitrogens is 3. The summed E-state index contributed by atoms with van der Waals surface area (Å²) in [5.74, 6) is 0. The van der Waals surface area contributed by atoms with Crippen molar-refractivity contribution in [3.63, 3.8) is 0 Å². The van der Waals surface area contributed by atoms with Crippen molar-refractivity contribution >= 4 is 11.3 Å². The summed E-state index contributed by atoms with van der Waals surface area (Å²) in [5, 5.41) is 5.25. The summed E-state index contributed by atoms with van der Waals surface area (Å²) in [6, 6.07) is 0. The van der Waals surface area contributed by atoms with Gasteiger partial charge in [0.05, 0.1) is 6.20 Å². The number of rotatable bonds is 7. The molecule has 0 aliphatic rings. The van der Waals surface area contributed by atoms with Crippen molar-refractivity contribution in [3.05, 3.63) is 29.0 Å². The summed E-state index contributed by atoms with van der Waals surface area (Å²) in [5.41, 5.74) is 6.86. The van der Waals surface area contributed by atoms with Gasteiger partial charge in [0.2, 0.25) is 5.13 Å². The molecule has 2 N–H and O–H groups in total. The third kappa shape index (κ3) is 4.12. The van der Waals surface area contributed by atoms with Crippen molar-refractivity contribution in [3.8, 4) is 5.13 Å². The van der Waals surface area contributed by atoms with Crippen LogP contribution in [0.3, 0.4) is 0 Å². The zero-order valence-corrected chi connectivity index (χ0v) is 12.4. The zero-order valence-electron chi connectivity index (χ0n) is 11.5. The van der Waals surface area contributed by atoms with Gasteiger partial charge in [0.15, 0.2) is 0 Å². The van der Waals surface area contributed by atoms with Crippen molar-refractivity contribution in [2.75, 3.05) is 20.6 Å². The first-order chi connectivity index (χ1) is 9.19. The number of nitrogens with zero attached hydrogens (tertiary/aromatic N) is 4. The molecule has 6 heteroatoms. The molecular weight excluding hydrogens is 258 g/mol. The maximum absolute atomic E-state index is 5.59. The molecule has 104 valence electrons. The number of thiazole rings is 1. The second kappa shape index (κ2) is 6.79. The lowest BCUT2D eigenvalue weighted by atomic mass is 10.1. The van der Waals surface area contributed by atoms with E-state index in [1.165, 1.54) is 18.4 Å². The quantitative estimate of drug-likeness (QED) is 0.783. The van der Waals surface area contributed by atoms with Crippen LogP contribution >= 0.6 is 11.3 Å². The van der Waals surface area contributed by atoms with Gasteiger partial charge in [0.1, 0.15) is 0 Å². The lowest BCUT2D eigenvalue weighted by molar-refractivity contribution is 0.394. The fourth-order valence-electron chi connectivity index (χ4n) is 1.85. The number of nitrogens with two attached hydrogens (primary N) is 1. The van der Waals surface area contributed by atoms with E-state index in [1.807, 2.05) is 17.1 Å². The highest BCUT2D eigenvalue weighted by molar-refractivity contribution is 7.14. The molecule has 19 heavy (non-hydrogen) atoms. The molecule has 0 saturated heterocycles. The summed E-state index contributed by atoms with van der Waals surface area (Å²) in [7, 11) is 4.21. The van der Waals surface area contributed by atoms with Gasteiger partial charge < -0.3 is 10.6 Å². The maximum Gasteiger partial charge on any atom is 0.210 e. The number of aryl methyl sites for hydroxylation is 1. The van der Waals surface area contributed by atoms with Gasteiger partial charge in [0.25, 0.3) is 0 Å². The minimum absolute atomic E-state index is 0.538. The van der Waals surface area contributed by atoms with E-state index in [0.717, 1.165) is 23.0 Å². The molecule has 0 bridgehead atoms. The summed E-state index contributed by atoms with van der Waals surface area (Å²) in [6.45, 7) is 1.68. The summed E-state index contributed by atoms with van der Waals surface area (Å²) in [4.78, 5) is 7.62. The van der Waals surface area contributed by atoms with E-state index in [2.05, 4.69) is 35.3 Å². The van der Waals surface area contributed by atoms with Crippen LogP contribution in [0.25, 0.3) is 5.13 Å². The van der Waals surface area contributed by atoms with Crippen LogP contribution in [0.4, 0.5) is 0 Å². The third-order valence-electron chi connectivity index (χ3n) is 2.90. The van der Waals surface area contributed by atoms with Crippen molar-refractivity contribution < 1.29 is 0 Å². The van der Waals surface area contributed by atoms with Crippen molar-refractivity contribution in [2.24, 2.45) is 5.73 Å². The Labute approximate surface area is 118 Å². The molecule has 0 amide bonds. The Morgan fingerprint density at radius 2 is 2.16 bits per heavy atom. The molecule has 2 aromatic rings. The van der Waals surface area contributed by atoms with E-state index >= 15 is 0 Å². The Balaban J connectivity index is 1.88. The standard InChI is InChI=1S/C13H21N5S/c1-17(2)6-4-3-5-11-8-16-18(10-11)13-15-9-12(7-14)19-13/h8-10H,3-7,14H2,1-2H3. The molecule has 0 fully saturated rings. The van der Waals surface area contributed by atoms with E-state index in [4.69, 9.17) is 5.73 Å². The lowest BCUT2D eigenvalue weighted by Crippen LogP contribution is -2.12. The summed E-state index contributed by atoms with van der Waals surface area (Å²) in [6.07, 6.45) is 9.29. The molecule has 0 saturated carbocycles. The monoisotopic (exact) mass is 279 g/mol. The first kappa shape index (κ1) is 14.2. The molecule has 0 spiro atoms. The Bertz CT molecular complexity index is 503. The number of hydrogen-bond acceptors (Lipinski definition) is 5. The molecule has 2 aromatic heterocycles. The Morgan fingerprint density at radius 3 is 2.84 bits per heavy atom. The highest BCUT2D eigenvalue weighted by atomic mass is 32.1. The minimum atomic E-state index is 0.538. The van der Waals surface area contributed by atoms with Crippen LogP contribution in [-0.4, -0.2) is 40.3 Å². The van der Waals surface area contributed by atoms with Gasteiger partial charge in [-0.05, 0) is 45.5 Å². The second-order valence-corrected chi connectivity index (χ2v) is 5.96. The van der Waals surface area contributed by atoms with Crippen LogP contribution in [0.15, 0.2) is 18.6 Å². The van der Waals surface area contributed by atoms with Gasteiger partial charge >= 0.3 is 0 Å². The largest absolute Gasteiger partial charge is 0.326 e. The molecule has 0 unspecified atom stereocenters. The smallest absolute Gasteiger partial charge is 0.210 e. The SMILES string of the molecule is CN(C)CCCCc1cnn(-c2ncc(CN)s2)c1. The topological polar surface area (TPSA) is 60.0 Å². The van der Waals surface area contributed by atoms with Crippen molar-refractivity contribution in [1.29, 1.82) is 0 Å². The van der Waals surface area contributed by atoms with Gasteiger partial charge in [-0.25, -0.2) is 9.67 Å². The van der Waals surface area contributed by atoms with Crippen LogP contribution in [0.1, 0.15) is 23.3 Å². The molecule has 2 heterocycles. The fourth-order valence-corrected chi connectivity index (χ4v) is 2.57. The van der Waals surface area contributed by atoms with E-state index in [0.29, 0.717) is 6.54 Å². The van der Waals surface area contributed by atoms with E-state index in [9.17, 15) is 0 Å². The Hall–Kier alpha value is -1.24. The molecule has 5 nitrogen and oxygen atoms in total. The number of unbranched alkanes of at least 4 members (excludes halogenated alkanes) is 1. The highest BCUT2D eigenvalue weighted by Gasteiger charge is 2.05. The molecule has 0 atom stereocenters. The van der Waals surface area contributed by atoms with E-state index in [1.54, 1.807) is 11.3 Å². The lowest BCUT2D eigenvalue weighted by Gasteiger charge is -2.07. The number of hydrogen-bond donors (Lipinski definition) is 1. The van der Waals surface area contributed by atoms with Crippen LogP contribution in [-0.2, 0) is 13.0 Å². The van der Waals surface area contributed by atoms with Crippen LogP contribution < -0.4 is 5.73 Å². The summed E-state index contributed by atoms with van der Waals surface area (Å²) >= 11 is 1.59. The summed E-state index contributed by atoms with van der Waals surface area (Å²) < 4.78 is 1.84. The average molecular weight is 279 g/mol. The normalized spacial score (nSPS) is 11.4. The molecule has 0 radical (unpaired) electrons. The van der Waals surface area contributed by atoms with Gasteiger partial charge in [-0.1, -0.05) is 11.3 Å². The van der Waals surface area contributed by atoms with Gasteiger partial charge in [-0.2, -0.15) is 5.10 Å². The van der Waals surface area contributed by atoms with Crippen LogP contribution in [0.2, 0.25) is 0 Å². The molecular formula is C13H21N5S. The first-order valence-electron chi connectivity index (χ1n) is 6.52.